The number of benzene rings is 1. The van der Waals surface area contributed by atoms with Gasteiger partial charge in [0.05, 0.1) is 21.2 Å². The van der Waals surface area contributed by atoms with Crippen LogP contribution in [0.1, 0.15) is 16.1 Å². The Morgan fingerprint density at radius 2 is 2.25 bits per heavy atom. The molecule has 1 heterocycles. The molecule has 100 valence electrons. The standard InChI is InChI=1S/C11H5ClN4O4/c12-8-3-7(2-1-6(8)4-13)15-5-9(16(19)20)10(14-15)11(17)18/h1-3,5H,(H,17,18). The van der Waals surface area contributed by atoms with E-state index in [0.29, 0.717) is 5.69 Å². The Labute approximate surface area is 116 Å². The average Bonchev–Trinajstić information content (AvgIpc) is 2.84. The largest absolute Gasteiger partial charge is 0.476 e. The van der Waals surface area contributed by atoms with Crippen LogP contribution >= 0.6 is 11.6 Å². The molecule has 0 fully saturated rings. The van der Waals surface area contributed by atoms with Crippen LogP contribution in [0, 0.1) is 21.4 Å². The number of carboxylic acids is 1. The van der Waals surface area contributed by atoms with Gasteiger partial charge in [-0.1, -0.05) is 11.6 Å². The summed E-state index contributed by atoms with van der Waals surface area (Å²) in [7, 11) is 0. The second-order valence-corrected chi connectivity index (χ2v) is 4.05. The van der Waals surface area contributed by atoms with Crippen molar-refractivity contribution in [1.29, 1.82) is 5.26 Å². The highest BCUT2D eigenvalue weighted by atomic mass is 35.5. The number of carboxylic acid groups (broad SMARTS) is 1. The summed E-state index contributed by atoms with van der Waals surface area (Å²) in [5.41, 5.74) is -0.756. The zero-order chi connectivity index (χ0) is 14.9. The predicted octanol–water partition coefficient (Wildman–Crippen LogP) is 2.00. The highest BCUT2D eigenvalue weighted by Crippen LogP contribution is 2.23. The third-order valence-electron chi connectivity index (χ3n) is 2.43. The topological polar surface area (TPSA) is 122 Å². The van der Waals surface area contributed by atoms with Crippen molar-refractivity contribution in [2.24, 2.45) is 0 Å². The third-order valence-corrected chi connectivity index (χ3v) is 2.74. The molecule has 2 rings (SSSR count). The first-order valence-corrected chi connectivity index (χ1v) is 5.49. The van der Waals surface area contributed by atoms with Crippen molar-refractivity contribution in [3.8, 4) is 11.8 Å². The predicted molar refractivity (Wildman–Crippen MR) is 66.9 cm³/mol. The van der Waals surface area contributed by atoms with E-state index >= 15 is 0 Å². The van der Waals surface area contributed by atoms with Gasteiger partial charge in [0.2, 0.25) is 5.69 Å². The number of carbonyl (C=O) groups is 1. The fourth-order valence-corrected chi connectivity index (χ4v) is 1.74. The van der Waals surface area contributed by atoms with Crippen LogP contribution in [0.2, 0.25) is 5.02 Å². The van der Waals surface area contributed by atoms with Crippen LogP contribution in [0.15, 0.2) is 24.4 Å². The molecule has 0 bridgehead atoms. The van der Waals surface area contributed by atoms with Gasteiger partial charge in [-0.25, -0.2) is 9.48 Å². The van der Waals surface area contributed by atoms with Crippen molar-refractivity contribution in [1.82, 2.24) is 9.78 Å². The first-order chi connectivity index (χ1) is 9.43. The maximum atomic E-state index is 10.9. The summed E-state index contributed by atoms with van der Waals surface area (Å²) in [6.07, 6.45) is 0.973. The number of hydrogen-bond acceptors (Lipinski definition) is 5. The minimum absolute atomic E-state index is 0.139. The Balaban J connectivity index is 2.57. The van der Waals surface area contributed by atoms with Gasteiger partial charge >= 0.3 is 11.7 Å². The molecule has 0 unspecified atom stereocenters. The monoisotopic (exact) mass is 292 g/mol. The molecule has 1 aromatic heterocycles. The molecule has 0 radical (unpaired) electrons. The zero-order valence-corrected chi connectivity index (χ0v) is 10.4. The number of rotatable bonds is 3. The van der Waals surface area contributed by atoms with Crippen molar-refractivity contribution in [2.75, 3.05) is 0 Å². The molecule has 0 atom stereocenters. The molecule has 0 aliphatic rings. The first kappa shape index (κ1) is 13.5. The molecule has 0 aliphatic carbocycles. The van der Waals surface area contributed by atoms with Crippen LogP contribution in [-0.4, -0.2) is 25.8 Å². The van der Waals surface area contributed by atoms with E-state index in [-0.39, 0.29) is 10.6 Å². The molecule has 0 aliphatic heterocycles. The molecule has 0 saturated heterocycles. The lowest BCUT2D eigenvalue weighted by Crippen LogP contribution is -2.03. The van der Waals surface area contributed by atoms with Gasteiger partial charge in [0.15, 0.2) is 0 Å². The molecule has 2 aromatic rings. The minimum atomic E-state index is -1.50. The van der Waals surface area contributed by atoms with Crippen LogP contribution in [0.25, 0.3) is 5.69 Å². The highest BCUT2D eigenvalue weighted by molar-refractivity contribution is 6.31. The van der Waals surface area contributed by atoms with Gasteiger partial charge in [-0.05, 0) is 18.2 Å². The maximum Gasteiger partial charge on any atom is 0.363 e. The van der Waals surface area contributed by atoms with Crippen molar-refractivity contribution in [2.45, 2.75) is 0 Å². The van der Waals surface area contributed by atoms with Crippen LogP contribution in [0.3, 0.4) is 0 Å². The minimum Gasteiger partial charge on any atom is -0.476 e. The van der Waals surface area contributed by atoms with Gasteiger partial charge in [0, 0.05) is 0 Å². The molecule has 0 amide bonds. The fraction of sp³-hybridized carbons (Fsp3) is 0. The first-order valence-electron chi connectivity index (χ1n) is 5.11. The number of halogens is 1. The molecule has 0 saturated carbocycles. The van der Waals surface area contributed by atoms with Crippen molar-refractivity contribution in [3.63, 3.8) is 0 Å². The number of nitriles is 1. The Hall–Kier alpha value is -2.92. The summed E-state index contributed by atoms with van der Waals surface area (Å²) in [6.45, 7) is 0. The van der Waals surface area contributed by atoms with Crippen LogP contribution in [-0.2, 0) is 0 Å². The summed E-state index contributed by atoms with van der Waals surface area (Å²) in [5.74, 6) is -1.50. The molecule has 1 aromatic carbocycles. The van der Waals surface area contributed by atoms with Crippen LogP contribution < -0.4 is 0 Å². The smallest absolute Gasteiger partial charge is 0.363 e. The van der Waals surface area contributed by atoms with Gasteiger partial charge in [-0.2, -0.15) is 10.4 Å². The second-order valence-electron chi connectivity index (χ2n) is 3.65. The Morgan fingerprint density at radius 3 is 2.70 bits per heavy atom. The molecule has 20 heavy (non-hydrogen) atoms. The van der Waals surface area contributed by atoms with E-state index in [1.54, 1.807) is 0 Å². The fourth-order valence-electron chi connectivity index (χ4n) is 1.52. The zero-order valence-electron chi connectivity index (χ0n) is 9.65. The van der Waals surface area contributed by atoms with Gasteiger partial charge in [0.1, 0.15) is 12.3 Å². The second kappa shape index (κ2) is 4.99. The van der Waals surface area contributed by atoms with E-state index in [2.05, 4.69) is 5.10 Å². The highest BCUT2D eigenvalue weighted by Gasteiger charge is 2.25. The molecule has 8 nitrogen and oxygen atoms in total. The van der Waals surface area contributed by atoms with E-state index in [0.717, 1.165) is 10.9 Å². The van der Waals surface area contributed by atoms with Crippen molar-refractivity contribution < 1.29 is 14.8 Å². The number of nitro groups is 1. The molecule has 9 heteroatoms. The lowest BCUT2D eigenvalue weighted by atomic mass is 10.2. The van der Waals surface area contributed by atoms with E-state index in [1.165, 1.54) is 18.2 Å². The SMILES string of the molecule is N#Cc1ccc(-n2cc([N+](=O)[O-])c(C(=O)O)n2)cc1Cl. The summed E-state index contributed by atoms with van der Waals surface area (Å²) in [4.78, 5) is 20.8. The Morgan fingerprint density at radius 1 is 1.55 bits per heavy atom. The number of nitrogens with zero attached hydrogens (tertiary/aromatic N) is 4. The average molecular weight is 293 g/mol. The normalized spacial score (nSPS) is 10.0. The van der Waals surface area contributed by atoms with E-state index in [9.17, 15) is 14.9 Å². The molecule has 0 spiro atoms. The molecule has 1 N–H and O–H groups in total. The number of aromatic carboxylic acids is 1. The van der Waals surface area contributed by atoms with Gasteiger partial charge < -0.3 is 5.11 Å². The van der Waals surface area contributed by atoms with Gasteiger partial charge in [-0.15, -0.1) is 0 Å². The van der Waals surface area contributed by atoms with Crippen LogP contribution in [0.4, 0.5) is 5.69 Å². The Kier molecular flexibility index (Phi) is 3.37. The Bertz CT molecular complexity index is 731. The summed E-state index contributed by atoms with van der Waals surface area (Å²) in [6, 6.07) is 6.09. The summed E-state index contributed by atoms with van der Waals surface area (Å²) < 4.78 is 1.02. The molecular weight excluding hydrogens is 288 g/mol. The van der Waals surface area contributed by atoms with Crippen molar-refractivity contribution >= 4 is 23.3 Å². The van der Waals surface area contributed by atoms with Crippen molar-refractivity contribution in [3.05, 3.63) is 50.8 Å². The third kappa shape index (κ3) is 2.30. The summed E-state index contributed by atoms with van der Waals surface area (Å²) >= 11 is 5.84. The molecular formula is C11H5ClN4O4. The maximum absolute atomic E-state index is 10.9. The van der Waals surface area contributed by atoms with Crippen LogP contribution in [0.5, 0.6) is 0 Å². The number of aromatic nitrogens is 2. The number of hydrogen-bond donors (Lipinski definition) is 1. The summed E-state index contributed by atoms with van der Waals surface area (Å²) in [5, 5.41) is 32.1. The van der Waals surface area contributed by atoms with E-state index < -0.39 is 22.3 Å². The quantitative estimate of drug-likeness (QED) is 0.682. The van der Waals surface area contributed by atoms with E-state index in [1.807, 2.05) is 6.07 Å². The van der Waals surface area contributed by atoms with Gasteiger partial charge in [0.25, 0.3) is 0 Å². The van der Waals surface area contributed by atoms with E-state index in [4.69, 9.17) is 22.0 Å². The lowest BCUT2D eigenvalue weighted by molar-refractivity contribution is -0.385. The lowest BCUT2D eigenvalue weighted by Gasteiger charge is -2.01. The van der Waals surface area contributed by atoms with Gasteiger partial charge in [-0.3, -0.25) is 10.1 Å².